The van der Waals surface area contributed by atoms with Gasteiger partial charge in [-0.25, -0.2) is 4.39 Å². The van der Waals surface area contributed by atoms with Gasteiger partial charge in [-0.1, -0.05) is 24.6 Å². The normalized spacial score (nSPS) is 14.8. The summed E-state index contributed by atoms with van der Waals surface area (Å²) in [4.78, 5) is 10.5. The molecule has 0 aromatic heterocycles. The van der Waals surface area contributed by atoms with Crippen molar-refractivity contribution in [1.29, 1.82) is 0 Å². The zero-order valence-corrected chi connectivity index (χ0v) is 17.1. The van der Waals surface area contributed by atoms with Gasteiger partial charge in [0.05, 0.1) is 5.02 Å². The maximum absolute atomic E-state index is 15.3. The largest absolute Gasteiger partial charge is 0.486 e. The van der Waals surface area contributed by atoms with Gasteiger partial charge in [-0.15, -0.1) is 0 Å². The molecular weight excluding hydrogens is 399 g/mol. The van der Waals surface area contributed by atoms with E-state index in [2.05, 4.69) is 10.6 Å². The van der Waals surface area contributed by atoms with Crippen molar-refractivity contribution in [3.63, 3.8) is 0 Å². The number of ether oxygens (including phenoxy) is 3. The van der Waals surface area contributed by atoms with Gasteiger partial charge < -0.3 is 24.8 Å². The summed E-state index contributed by atoms with van der Waals surface area (Å²) in [5.74, 6) is 1.00. The van der Waals surface area contributed by atoms with Crippen LogP contribution >= 0.6 is 11.6 Å². The Morgan fingerprint density at radius 2 is 2.00 bits per heavy atom. The first-order valence-corrected chi connectivity index (χ1v) is 9.89. The highest BCUT2D eigenvalue weighted by Crippen LogP contribution is 2.39. The zero-order chi connectivity index (χ0) is 20.8. The Balaban J connectivity index is 1.83. The molecule has 156 valence electrons. The van der Waals surface area contributed by atoms with Crippen LogP contribution in [-0.2, 0) is 4.79 Å². The van der Waals surface area contributed by atoms with E-state index >= 15 is 4.39 Å². The standard InChI is InChI=1S/C21H24ClFN2O4/c1-3-17(25-13(2)11-24-12-26)15-5-6-16(22)21(20(15)23)29-14-4-7-18-19(10-14)28-9-8-27-18/h4-7,10,12-13,17,25H,3,8-9,11H2,1-2H3,(H,24,26)/t13-,17+/m0/s1. The van der Waals surface area contributed by atoms with Gasteiger partial charge in [0, 0.05) is 30.3 Å². The Bertz CT molecular complexity index is 865. The highest BCUT2D eigenvalue weighted by atomic mass is 35.5. The summed E-state index contributed by atoms with van der Waals surface area (Å²) in [6.07, 6.45) is 1.29. The Labute approximate surface area is 174 Å². The Morgan fingerprint density at radius 3 is 2.72 bits per heavy atom. The van der Waals surface area contributed by atoms with E-state index in [4.69, 9.17) is 25.8 Å². The highest BCUT2D eigenvalue weighted by molar-refractivity contribution is 6.32. The first-order valence-electron chi connectivity index (χ1n) is 9.52. The molecule has 1 amide bonds. The number of nitrogens with one attached hydrogen (secondary N) is 2. The third kappa shape index (κ3) is 5.10. The predicted octanol–water partition coefficient (Wildman–Crippen LogP) is 4.22. The molecular formula is C21H24ClFN2O4. The molecule has 6 nitrogen and oxygen atoms in total. The fraction of sp³-hybridized carbons (Fsp3) is 0.381. The van der Waals surface area contributed by atoms with E-state index < -0.39 is 5.82 Å². The number of carbonyl (C=O) groups excluding carboxylic acids is 1. The minimum Gasteiger partial charge on any atom is -0.486 e. The molecule has 2 aromatic carbocycles. The summed E-state index contributed by atoms with van der Waals surface area (Å²) in [6.45, 7) is 5.24. The number of halogens is 2. The van der Waals surface area contributed by atoms with Crippen LogP contribution in [0.1, 0.15) is 31.9 Å². The molecule has 0 radical (unpaired) electrons. The van der Waals surface area contributed by atoms with Crippen molar-refractivity contribution in [2.75, 3.05) is 19.8 Å². The number of rotatable bonds is 9. The van der Waals surface area contributed by atoms with Crippen LogP contribution in [0.2, 0.25) is 5.02 Å². The topological polar surface area (TPSA) is 68.8 Å². The smallest absolute Gasteiger partial charge is 0.207 e. The molecule has 2 aromatic rings. The van der Waals surface area contributed by atoms with Crippen molar-refractivity contribution in [3.8, 4) is 23.0 Å². The third-order valence-corrected chi connectivity index (χ3v) is 4.89. The lowest BCUT2D eigenvalue weighted by Gasteiger charge is -2.24. The number of hydrogen-bond donors (Lipinski definition) is 2. The van der Waals surface area contributed by atoms with Crippen LogP contribution in [0.15, 0.2) is 30.3 Å². The fourth-order valence-corrected chi connectivity index (χ4v) is 3.35. The van der Waals surface area contributed by atoms with Crippen LogP contribution in [0.5, 0.6) is 23.0 Å². The van der Waals surface area contributed by atoms with Gasteiger partial charge in [0.1, 0.15) is 19.0 Å². The molecule has 2 atom stereocenters. The van der Waals surface area contributed by atoms with Crippen LogP contribution in [-0.4, -0.2) is 32.2 Å². The second kappa shape index (κ2) is 9.80. The van der Waals surface area contributed by atoms with Gasteiger partial charge in [0.2, 0.25) is 6.41 Å². The quantitative estimate of drug-likeness (QED) is 0.592. The van der Waals surface area contributed by atoms with E-state index in [0.29, 0.717) is 55.4 Å². The van der Waals surface area contributed by atoms with Gasteiger partial charge in [-0.3, -0.25) is 4.79 Å². The number of benzene rings is 2. The summed E-state index contributed by atoms with van der Waals surface area (Å²) in [6, 6.07) is 8.01. The first kappa shape index (κ1) is 21.2. The molecule has 2 N–H and O–H groups in total. The highest BCUT2D eigenvalue weighted by Gasteiger charge is 2.22. The number of hydrogen-bond acceptors (Lipinski definition) is 5. The molecule has 0 saturated carbocycles. The minimum atomic E-state index is -0.526. The van der Waals surface area contributed by atoms with E-state index in [9.17, 15) is 4.79 Å². The maximum Gasteiger partial charge on any atom is 0.207 e. The maximum atomic E-state index is 15.3. The second-order valence-corrected chi connectivity index (χ2v) is 7.15. The van der Waals surface area contributed by atoms with E-state index in [1.54, 1.807) is 30.3 Å². The molecule has 8 heteroatoms. The molecule has 29 heavy (non-hydrogen) atoms. The average Bonchev–Trinajstić information content (AvgIpc) is 2.73. The van der Waals surface area contributed by atoms with Gasteiger partial charge in [0.15, 0.2) is 23.1 Å². The summed E-state index contributed by atoms with van der Waals surface area (Å²) < 4.78 is 32.1. The first-order chi connectivity index (χ1) is 14.0. The Morgan fingerprint density at radius 1 is 1.24 bits per heavy atom. The van der Waals surface area contributed by atoms with Crippen molar-refractivity contribution >= 4 is 18.0 Å². The molecule has 1 aliphatic rings. The molecule has 0 fully saturated rings. The van der Waals surface area contributed by atoms with Crippen molar-refractivity contribution in [1.82, 2.24) is 10.6 Å². The zero-order valence-electron chi connectivity index (χ0n) is 16.3. The van der Waals surface area contributed by atoms with Gasteiger partial charge in [-0.2, -0.15) is 0 Å². The molecule has 0 unspecified atom stereocenters. The third-order valence-electron chi connectivity index (χ3n) is 4.59. The minimum absolute atomic E-state index is 0.0395. The summed E-state index contributed by atoms with van der Waals surface area (Å²) in [5, 5.41) is 6.10. The Hall–Kier alpha value is -2.51. The van der Waals surface area contributed by atoms with Gasteiger partial charge >= 0.3 is 0 Å². The van der Waals surface area contributed by atoms with Gasteiger partial charge in [0.25, 0.3) is 0 Å². The van der Waals surface area contributed by atoms with Crippen LogP contribution in [0, 0.1) is 5.82 Å². The van der Waals surface area contributed by atoms with Crippen LogP contribution in [0.4, 0.5) is 4.39 Å². The Kier molecular flexibility index (Phi) is 7.17. The van der Waals surface area contributed by atoms with Crippen LogP contribution < -0.4 is 24.8 Å². The molecule has 0 bridgehead atoms. The van der Waals surface area contributed by atoms with E-state index in [-0.39, 0.29) is 22.9 Å². The molecule has 0 saturated heterocycles. The van der Waals surface area contributed by atoms with Crippen molar-refractivity contribution in [2.24, 2.45) is 0 Å². The number of amides is 1. The van der Waals surface area contributed by atoms with Crippen molar-refractivity contribution in [2.45, 2.75) is 32.4 Å². The lowest BCUT2D eigenvalue weighted by atomic mass is 10.0. The van der Waals surface area contributed by atoms with Crippen molar-refractivity contribution < 1.29 is 23.4 Å². The van der Waals surface area contributed by atoms with Crippen molar-refractivity contribution in [3.05, 3.63) is 46.7 Å². The fourth-order valence-electron chi connectivity index (χ4n) is 3.17. The molecule has 3 rings (SSSR count). The van der Waals surface area contributed by atoms with Crippen LogP contribution in [0.3, 0.4) is 0 Å². The molecule has 0 spiro atoms. The molecule has 1 heterocycles. The molecule has 1 aliphatic heterocycles. The monoisotopic (exact) mass is 422 g/mol. The van der Waals surface area contributed by atoms with E-state index in [0.717, 1.165) is 0 Å². The SMILES string of the molecule is CC[C@@H](N[C@@H](C)CNC=O)c1ccc(Cl)c(Oc2ccc3c(c2)OCCO3)c1F. The number of carbonyl (C=O) groups is 1. The molecule has 0 aliphatic carbocycles. The summed E-state index contributed by atoms with van der Waals surface area (Å²) in [5.41, 5.74) is 0.447. The summed E-state index contributed by atoms with van der Waals surface area (Å²) >= 11 is 6.23. The summed E-state index contributed by atoms with van der Waals surface area (Å²) in [7, 11) is 0. The average molecular weight is 423 g/mol. The van der Waals surface area contributed by atoms with E-state index in [1.807, 2.05) is 13.8 Å². The van der Waals surface area contributed by atoms with Crippen LogP contribution in [0.25, 0.3) is 0 Å². The van der Waals surface area contributed by atoms with Gasteiger partial charge in [-0.05, 0) is 31.5 Å². The lowest BCUT2D eigenvalue weighted by molar-refractivity contribution is -0.109. The number of fused-ring (bicyclic) bond motifs is 1. The van der Waals surface area contributed by atoms with E-state index in [1.165, 1.54) is 0 Å². The predicted molar refractivity (Wildman–Crippen MR) is 109 cm³/mol. The lowest BCUT2D eigenvalue weighted by Crippen LogP contribution is -2.38. The second-order valence-electron chi connectivity index (χ2n) is 6.74.